The van der Waals surface area contributed by atoms with Crippen LogP contribution in [0, 0.1) is 0 Å². The Morgan fingerprint density at radius 3 is 2.50 bits per heavy atom. The predicted molar refractivity (Wildman–Crippen MR) is 69.0 cm³/mol. The predicted octanol–water partition coefficient (Wildman–Crippen LogP) is 1.64. The zero-order valence-corrected chi connectivity index (χ0v) is 10.3. The Labute approximate surface area is 106 Å². The maximum atomic E-state index is 10.5. The van der Waals surface area contributed by atoms with Crippen LogP contribution in [0.3, 0.4) is 0 Å². The minimum atomic E-state index is 0.496. The molecular weight excluding hydrogens is 226 g/mol. The van der Waals surface area contributed by atoms with E-state index in [-0.39, 0.29) is 0 Å². The molecule has 0 atom stereocenters. The second-order valence-corrected chi connectivity index (χ2v) is 4.72. The summed E-state index contributed by atoms with van der Waals surface area (Å²) in [6.45, 7) is 1.68. The van der Waals surface area contributed by atoms with Crippen LogP contribution in [0.4, 0.5) is 0 Å². The van der Waals surface area contributed by atoms with E-state index in [1.807, 2.05) is 17.8 Å². The molecule has 1 aliphatic rings. The van der Waals surface area contributed by atoms with Crippen molar-refractivity contribution in [1.82, 2.24) is 14.7 Å². The van der Waals surface area contributed by atoms with Gasteiger partial charge >= 0.3 is 0 Å². The van der Waals surface area contributed by atoms with Crippen molar-refractivity contribution >= 4 is 6.41 Å². The number of likely N-dealkylation sites (tertiary alicyclic amines) is 1. The van der Waals surface area contributed by atoms with Crippen LogP contribution in [0.5, 0.6) is 0 Å². The second kappa shape index (κ2) is 4.29. The van der Waals surface area contributed by atoms with Crippen molar-refractivity contribution in [3.05, 3.63) is 42.1 Å². The Kier molecular flexibility index (Phi) is 2.63. The van der Waals surface area contributed by atoms with Gasteiger partial charge in [-0.2, -0.15) is 5.10 Å². The monoisotopic (exact) mass is 241 g/mol. The van der Waals surface area contributed by atoms with Crippen molar-refractivity contribution in [2.75, 3.05) is 13.1 Å². The van der Waals surface area contributed by atoms with E-state index < -0.39 is 0 Å². The molecule has 0 N–H and O–H groups in total. The molecule has 1 aromatic heterocycles. The average molecular weight is 241 g/mol. The molecule has 4 heteroatoms. The SMILES string of the molecule is Cn1nccc1-c1ccc(C2CN(C=O)C2)cc1. The van der Waals surface area contributed by atoms with Gasteiger partial charge in [-0.3, -0.25) is 9.48 Å². The number of aryl methyl sites for hydroxylation is 1. The highest BCUT2D eigenvalue weighted by Gasteiger charge is 2.26. The lowest BCUT2D eigenvalue weighted by Crippen LogP contribution is -2.43. The molecule has 2 heterocycles. The molecule has 0 bridgehead atoms. The number of amides is 1. The van der Waals surface area contributed by atoms with Crippen LogP contribution in [0.15, 0.2) is 36.5 Å². The molecule has 0 unspecified atom stereocenters. The van der Waals surface area contributed by atoms with Crippen LogP contribution in [0.2, 0.25) is 0 Å². The largest absolute Gasteiger partial charge is 0.344 e. The molecule has 3 rings (SSSR count). The quantitative estimate of drug-likeness (QED) is 0.766. The number of hydrogen-bond donors (Lipinski definition) is 0. The van der Waals surface area contributed by atoms with Gasteiger partial charge in [0.05, 0.1) is 5.69 Å². The van der Waals surface area contributed by atoms with Gasteiger partial charge < -0.3 is 4.90 Å². The van der Waals surface area contributed by atoms with Gasteiger partial charge in [0, 0.05) is 32.3 Å². The molecule has 0 spiro atoms. The summed E-state index contributed by atoms with van der Waals surface area (Å²) in [4.78, 5) is 12.3. The average Bonchev–Trinajstić information content (AvgIpc) is 2.75. The van der Waals surface area contributed by atoms with Crippen molar-refractivity contribution in [1.29, 1.82) is 0 Å². The summed E-state index contributed by atoms with van der Waals surface area (Å²) in [5, 5.41) is 4.17. The Morgan fingerprint density at radius 2 is 1.94 bits per heavy atom. The van der Waals surface area contributed by atoms with Crippen molar-refractivity contribution < 1.29 is 4.79 Å². The van der Waals surface area contributed by atoms with Crippen molar-refractivity contribution in [2.24, 2.45) is 7.05 Å². The van der Waals surface area contributed by atoms with Gasteiger partial charge in [-0.05, 0) is 17.2 Å². The van der Waals surface area contributed by atoms with Crippen LogP contribution >= 0.6 is 0 Å². The first kappa shape index (κ1) is 11.0. The molecule has 0 aliphatic carbocycles. The zero-order chi connectivity index (χ0) is 12.5. The first-order chi connectivity index (χ1) is 8.78. The van der Waals surface area contributed by atoms with Crippen molar-refractivity contribution in [3.8, 4) is 11.3 Å². The normalized spacial score (nSPS) is 15.5. The van der Waals surface area contributed by atoms with Gasteiger partial charge in [-0.1, -0.05) is 24.3 Å². The number of carbonyl (C=O) groups is 1. The van der Waals surface area contributed by atoms with Gasteiger partial charge in [0.2, 0.25) is 6.41 Å². The van der Waals surface area contributed by atoms with E-state index in [9.17, 15) is 4.79 Å². The molecule has 0 radical (unpaired) electrons. The van der Waals surface area contributed by atoms with Crippen LogP contribution in [0.25, 0.3) is 11.3 Å². The molecule has 0 saturated carbocycles. The van der Waals surface area contributed by atoms with Crippen LogP contribution in [-0.2, 0) is 11.8 Å². The summed E-state index contributed by atoms with van der Waals surface area (Å²) in [6, 6.07) is 10.5. The van der Waals surface area contributed by atoms with Crippen LogP contribution in [0.1, 0.15) is 11.5 Å². The number of hydrogen-bond acceptors (Lipinski definition) is 2. The molecule has 18 heavy (non-hydrogen) atoms. The minimum absolute atomic E-state index is 0.496. The Hall–Kier alpha value is -2.10. The number of carbonyl (C=O) groups excluding carboxylic acids is 1. The highest BCUT2D eigenvalue weighted by molar-refractivity contribution is 5.60. The first-order valence-electron chi connectivity index (χ1n) is 6.05. The molecular formula is C14H15N3O. The molecule has 4 nitrogen and oxygen atoms in total. The van der Waals surface area contributed by atoms with Gasteiger partial charge in [0.1, 0.15) is 0 Å². The van der Waals surface area contributed by atoms with E-state index in [0.717, 1.165) is 25.2 Å². The van der Waals surface area contributed by atoms with E-state index in [1.54, 1.807) is 11.1 Å². The lowest BCUT2D eigenvalue weighted by Gasteiger charge is -2.36. The summed E-state index contributed by atoms with van der Waals surface area (Å²) in [5.41, 5.74) is 3.59. The summed E-state index contributed by atoms with van der Waals surface area (Å²) >= 11 is 0. The second-order valence-electron chi connectivity index (χ2n) is 4.72. The number of aromatic nitrogens is 2. The molecule has 1 aromatic carbocycles. The Bertz CT molecular complexity index is 553. The first-order valence-corrected chi connectivity index (χ1v) is 6.05. The fourth-order valence-electron chi connectivity index (χ4n) is 2.39. The summed E-state index contributed by atoms with van der Waals surface area (Å²) in [5.74, 6) is 0.496. The number of nitrogens with zero attached hydrogens (tertiary/aromatic N) is 3. The standard InChI is InChI=1S/C14H15N3O/c1-16-14(6-7-15-16)12-4-2-11(3-5-12)13-8-17(9-13)10-18/h2-7,10,13H,8-9H2,1H3. The summed E-state index contributed by atoms with van der Waals surface area (Å²) < 4.78 is 1.87. The lowest BCUT2D eigenvalue weighted by molar-refractivity contribution is -0.122. The summed E-state index contributed by atoms with van der Waals surface area (Å²) in [7, 11) is 1.94. The van der Waals surface area contributed by atoms with E-state index in [4.69, 9.17) is 0 Å². The third-order valence-electron chi connectivity index (χ3n) is 3.56. The molecule has 1 amide bonds. The van der Waals surface area contributed by atoms with E-state index in [1.165, 1.54) is 11.1 Å². The van der Waals surface area contributed by atoms with Gasteiger partial charge in [-0.15, -0.1) is 0 Å². The third kappa shape index (κ3) is 1.79. The van der Waals surface area contributed by atoms with Crippen LogP contribution < -0.4 is 0 Å². The molecule has 1 fully saturated rings. The van der Waals surface area contributed by atoms with E-state index in [0.29, 0.717) is 5.92 Å². The minimum Gasteiger partial charge on any atom is -0.344 e. The maximum absolute atomic E-state index is 10.5. The smallest absolute Gasteiger partial charge is 0.209 e. The van der Waals surface area contributed by atoms with Crippen LogP contribution in [-0.4, -0.2) is 34.2 Å². The van der Waals surface area contributed by atoms with E-state index >= 15 is 0 Å². The Balaban J connectivity index is 1.78. The summed E-state index contributed by atoms with van der Waals surface area (Å²) in [6.07, 6.45) is 2.72. The molecule has 2 aromatic rings. The van der Waals surface area contributed by atoms with Gasteiger partial charge in [0.25, 0.3) is 0 Å². The molecule has 92 valence electrons. The van der Waals surface area contributed by atoms with Crippen molar-refractivity contribution in [2.45, 2.75) is 5.92 Å². The van der Waals surface area contributed by atoms with Gasteiger partial charge in [-0.25, -0.2) is 0 Å². The van der Waals surface area contributed by atoms with Gasteiger partial charge in [0.15, 0.2) is 0 Å². The Morgan fingerprint density at radius 1 is 1.22 bits per heavy atom. The number of benzene rings is 1. The van der Waals surface area contributed by atoms with E-state index in [2.05, 4.69) is 29.4 Å². The molecule has 1 aliphatic heterocycles. The fourth-order valence-corrected chi connectivity index (χ4v) is 2.39. The third-order valence-corrected chi connectivity index (χ3v) is 3.56. The maximum Gasteiger partial charge on any atom is 0.209 e. The zero-order valence-electron chi connectivity index (χ0n) is 10.3. The highest BCUT2D eigenvalue weighted by atomic mass is 16.1. The fraction of sp³-hybridized carbons (Fsp3) is 0.286. The highest BCUT2D eigenvalue weighted by Crippen LogP contribution is 2.27. The van der Waals surface area contributed by atoms with Crippen molar-refractivity contribution in [3.63, 3.8) is 0 Å². The number of rotatable bonds is 3. The molecule has 1 saturated heterocycles. The topological polar surface area (TPSA) is 38.1 Å². The lowest BCUT2D eigenvalue weighted by atomic mass is 9.91.